The van der Waals surface area contributed by atoms with Gasteiger partial charge in [0.05, 0.1) is 0 Å². The van der Waals surface area contributed by atoms with Crippen molar-refractivity contribution in [2.45, 2.75) is 66.2 Å². The molecule has 3 fully saturated rings. The van der Waals surface area contributed by atoms with Crippen LogP contribution in [0.1, 0.15) is 66.2 Å². The Morgan fingerprint density at radius 2 is 1.88 bits per heavy atom. The van der Waals surface area contributed by atoms with Gasteiger partial charge in [0.2, 0.25) is 0 Å². The Morgan fingerprint density at radius 1 is 1.12 bits per heavy atom. The van der Waals surface area contributed by atoms with E-state index >= 15 is 0 Å². The molecule has 0 radical (unpaired) electrons. The van der Waals surface area contributed by atoms with Crippen molar-refractivity contribution in [3.05, 3.63) is 23.3 Å². The molecule has 0 aromatic rings. The van der Waals surface area contributed by atoms with Crippen LogP contribution < -0.4 is 0 Å². The SMILES string of the molecule is CC=C1C[C@@H]2[C@H](CC[C@]3(C)C(=O)CC[C@@H]23)[C@]2(C)C1=CC(=O)C[C@H]2C. The van der Waals surface area contributed by atoms with E-state index in [4.69, 9.17) is 0 Å². The molecule has 0 spiro atoms. The molecular formula is C22H30O2. The zero-order chi connectivity index (χ0) is 17.3. The fourth-order valence-electron chi connectivity index (χ4n) is 6.88. The molecule has 0 unspecified atom stereocenters. The van der Waals surface area contributed by atoms with Crippen LogP contribution in [0.2, 0.25) is 0 Å². The summed E-state index contributed by atoms with van der Waals surface area (Å²) in [6, 6.07) is 0. The first-order valence-corrected chi connectivity index (χ1v) is 9.76. The Labute approximate surface area is 145 Å². The third kappa shape index (κ3) is 1.89. The maximum absolute atomic E-state index is 12.6. The van der Waals surface area contributed by atoms with Crippen LogP contribution in [0, 0.1) is 34.5 Å². The Bertz CT molecular complexity index is 669. The highest BCUT2D eigenvalue weighted by molar-refractivity contribution is 5.93. The van der Waals surface area contributed by atoms with Gasteiger partial charge in [-0.05, 0) is 78.9 Å². The van der Waals surface area contributed by atoms with Crippen molar-refractivity contribution < 1.29 is 9.59 Å². The fraction of sp³-hybridized carbons (Fsp3) is 0.727. The predicted octanol–water partition coefficient (Wildman–Crippen LogP) is 4.89. The molecule has 130 valence electrons. The summed E-state index contributed by atoms with van der Waals surface area (Å²) in [6.45, 7) is 9.03. The Balaban J connectivity index is 1.82. The minimum Gasteiger partial charge on any atom is -0.299 e. The van der Waals surface area contributed by atoms with Gasteiger partial charge in [-0.25, -0.2) is 0 Å². The largest absolute Gasteiger partial charge is 0.299 e. The molecule has 0 saturated heterocycles. The second-order valence-electron chi connectivity index (χ2n) is 9.23. The number of ketones is 2. The van der Waals surface area contributed by atoms with Gasteiger partial charge in [0, 0.05) is 18.3 Å². The molecule has 0 aliphatic heterocycles. The van der Waals surface area contributed by atoms with Crippen LogP contribution in [-0.2, 0) is 9.59 Å². The molecule has 4 aliphatic rings. The summed E-state index contributed by atoms with van der Waals surface area (Å²) in [5.74, 6) is 2.98. The number of hydrogen-bond acceptors (Lipinski definition) is 2. The van der Waals surface area contributed by atoms with Crippen molar-refractivity contribution in [1.82, 2.24) is 0 Å². The van der Waals surface area contributed by atoms with E-state index in [0.717, 1.165) is 32.1 Å². The molecule has 2 nitrogen and oxygen atoms in total. The van der Waals surface area contributed by atoms with Gasteiger partial charge in [0.25, 0.3) is 0 Å². The van der Waals surface area contributed by atoms with Gasteiger partial charge in [-0.15, -0.1) is 0 Å². The van der Waals surface area contributed by atoms with E-state index in [9.17, 15) is 9.59 Å². The third-order valence-corrected chi connectivity index (χ3v) is 8.48. The van der Waals surface area contributed by atoms with Crippen LogP contribution in [0.5, 0.6) is 0 Å². The van der Waals surface area contributed by atoms with E-state index in [1.807, 2.05) is 6.08 Å². The minimum absolute atomic E-state index is 0.0781. The summed E-state index contributed by atoms with van der Waals surface area (Å²) >= 11 is 0. The first-order chi connectivity index (χ1) is 11.3. The van der Waals surface area contributed by atoms with Gasteiger partial charge < -0.3 is 0 Å². The molecule has 24 heavy (non-hydrogen) atoms. The van der Waals surface area contributed by atoms with Gasteiger partial charge >= 0.3 is 0 Å². The second-order valence-corrected chi connectivity index (χ2v) is 9.23. The number of carbonyl (C=O) groups excluding carboxylic acids is 2. The van der Waals surface area contributed by atoms with Gasteiger partial charge in [-0.3, -0.25) is 9.59 Å². The van der Waals surface area contributed by atoms with E-state index < -0.39 is 0 Å². The highest BCUT2D eigenvalue weighted by Crippen LogP contribution is 2.66. The Hall–Kier alpha value is -1.18. The molecule has 0 aromatic carbocycles. The number of hydrogen-bond donors (Lipinski definition) is 0. The molecule has 3 saturated carbocycles. The van der Waals surface area contributed by atoms with E-state index in [0.29, 0.717) is 41.7 Å². The van der Waals surface area contributed by atoms with E-state index in [2.05, 4.69) is 33.8 Å². The lowest BCUT2D eigenvalue weighted by atomic mass is 9.44. The first kappa shape index (κ1) is 16.3. The molecule has 2 heteroatoms. The smallest absolute Gasteiger partial charge is 0.156 e. The van der Waals surface area contributed by atoms with Crippen molar-refractivity contribution in [3.8, 4) is 0 Å². The Kier molecular flexibility index (Phi) is 3.50. The zero-order valence-corrected chi connectivity index (χ0v) is 15.5. The van der Waals surface area contributed by atoms with Crippen LogP contribution >= 0.6 is 0 Å². The lowest BCUT2D eigenvalue weighted by Gasteiger charge is -2.59. The van der Waals surface area contributed by atoms with Gasteiger partial charge in [0.15, 0.2) is 5.78 Å². The highest BCUT2D eigenvalue weighted by Gasteiger charge is 2.61. The number of Topliss-reactive ketones (excluding diaryl/α,β-unsaturated/α-hetero) is 1. The standard InChI is InChI=1S/C22H30O2/c1-5-14-11-16-17-6-7-20(24)21(17,3)9-8-18(16)22(4)13(2)10-15(23)12-19(14)22/h5,12-13,16-18H,6-11H2,1-4H3/t13-,16+,17+,18+,21+,22-/m1/s1. The maximum atomic E-state index is 12.6. The van der Waals surface area contributed by atoms with Crippen molar-refractivity contribution in [1.29, 1.82) is 0 Å². The summed E-state index contributed by atoms with van der Waals surface area (Å²) in [5, 5.41) is 0. The molecule has 0 bridgehead atoms. The van der Waals surface area contributed by atoms with Gasteiger partial charge in [0.1, 0.15) is 5.78 Å². The van der Waals surface area contributed by atoms with Crippen LogP contribution in [0.4, 0.5) is 0 Å². The molecule has 4 rings (SSSR count). The molecule has 0 heterocycles. The topological polar surface area (TPSA) is 34.1 Å². The Morgan fingerprint density at radius 3 is 2.58 bits per heavy atom. The fourth-order valence-corrected chi connectivity index (χ4v) is 6.88. The molecule has 0 aromatic heterocycles. The monoisotopic (exact) mass is 326 g/mol. The average Bonchev–Trinajstić information content (AvgIpc) is 2.84. The molecule has 4 aliphatic carbocycles. The number of rotatable bonds is 0. The minimum atomic E-state index is -0.0781. The average molecular weight is 326 g/mol. The summed E-state index contributed by atoms with van der Waals surface area (Å²) in [7, 11) is 0. The van der Waals surface area contributed by atoms with Gasteiger partial charge in [-0.1, -0.05) is 26.8 Å². The lowest BCUT2D eigenvalue weighted by Crippen LogP contribution is -2.53. The van der Waals surface area contributed by atoms with Crippen LogP contribution in [0.15, 0.2) is 23.3 Å². The summed E-state index contributed by atoms with van der Waals surface area (Å²) in [4.78, 5) is 24.8. The second kappa shape index (κ2) is 5.16. The van der Waals surface area contributed by atoms with Crippen molar-refractivity contribution in [2.24, 2.45) is 34.5 Å². The highest BCUT2D eigenvalue weighted by atomic mass is 16.1. The first-order valence-electron chi connectivity index (χ1n) is 9.76. The number of allylic oxidation sites excluding steroid dienone is 3. The number of carbonyl (C=O) groups is 2. The van der Waals surface area contributed by atoms with Crippen molar-refractivity contribution in [3.63, 3.8) is 0 Å². The molecule has 6 atom stereocenters. The van der Waals surface area contributed by atoms with E-state index in [-0.39, 0.29) is 10.8 Å². The zero-order valence-electron chi connectivity index (χ0n) is 15.5. The normalized spacial score (nSPS) is 49.5. The van der Waals surface area contributed by atoms with Crippen LogP contribution in [0.3, 0.4) is 0 Å². The summed E-state index contributed by atoms with van der Waals surface area (Å²) in [5.41, 5.74) is 2.72. The van der Waals surface area contributed by atoms with Gasteiger partial charge in [-0.2, -0.15) is 0 Å². The van der Waals surface area contributed by atoms with E-state index in [1.165, 1.54) is 11.1 Å². The molecular weight excluding hydrogens is 296 g/mol. The quantitative estimate of drug-likeness (QED) is 0.635. The van der Waals surface area contributed by atoms with Crippen molar-refractivity contribution in [2.75, 3.05) is 0 Å². The van der Waals surface area contributed by atoms with Crippen molar-refractivity contribution >= 4 is 11.6 Å². The molecule has 0 amide bonds. The predicted molar refractivity (Wildman–Crippen MR) is 95.4 cm³/mol. The summed E-state index contributed by atoms with van der Waals surface area (Å²) in [6.07, 6.45) is 9.99. The van der Waals surface area contributed by atoms with Crippen LogP contribution in [0.25, 0.3) is 0 Å². The summed E-state index contributed by atoms with van der Waals surface area (Å²) < 4.78 is 0. The third-order valence-electron chi connectivity index (χ3n) is 8.48. The van der Waals surface area contributed by atoms with Crippen LogP contribution in [-0.4, -0.2) is 11.6 Å². The van der Waals surface area contributed by atoms with E-state index in [1.54, 1.807) is 0 Å². The number of fused-ring (bicyclic) bond motifs is 5. The maximum Gasteiger partial charge on any atom is 0.156 e. The lowest BCUT2D eigenvalue weighted by molar-refractivity contribution is -0.132. The molecule has 0 N–H and O–H groups in total.